The van der Waals surface area contributed by atoms with Crippen molar-refractivity contribution >= 4 is 11.6 Å². The lowest BCUT2D eigenvalue weighted by molar-refractivity contribution is -0.116. The molecule has 0 aliphatic heterocycles. The van der Waals surface area contributed by atoms with Gasteiger partial charge in [-0.05, 0) is 50.1 Å². The van der Waals surface area contributed by atoms with Gasteiger partial charge in [0.25, 0.3) is 0 Å². The second-order valence-corrected chi connectivity index (χ2v) is 5.93. The van der Waals surface area contributed by atoms with Gasteiger partial charge in [0.15, 0.2) is 11.5 Å². The Balaban J connectivity index is 1.92. The number of carbonyl (C=O) groups is 1. The van der Waals surface area contributed by atoms with E-state index in [0.29, 0.717) is 24.3 Å². The molecule has 0 aliphatic carbocycles. The summed E-state index contributed by atoms with van der Waals surface area (Å²) in [6, 6.07) is 13.1. The average Bonchev–Trinajstić information content (AvgIpc) is 2.59. The topological polar surface area (TPSA) is 56.8 Å². The summed E-state index contributed by atoms with van der Waals surface area (Å²) in [6.45, 7) is 3.93. The molecule has 134 valence electrons. The van der Waals surface area contributed by atoms with E-state index >= 15 is 0 Å². The predicted octanol–water partition coefficient (Wildman–Crippen LogP) is 4.06. The SMILES string of the molecule is COc1ccc(CCC(=O)Nc2cccc(OC(C)C)c2)cc1OC. The monoisotopic (exact) mass is 343 g/mol. The molecule has 2 aromatic carbocycles. The molecule has 0 radical (unpaired) electrons. The van der Waals surface area contributed by atoms with Crippen LogP contribution in [0.5, 0.6) is 17.2 Å². The van der Waals surface area contributed by atoms with Crippen molar-refractivity contribution in [2.24, 2.45) is 0 Å². The van der Waals surface area contributed by atoms with E-state index in [1.54, 1.807) is 14.2 Å². The molecule has 0 unspecified atom stereocenters. The minimum atomic E-state index is -0.0449. The molecule has 0 heterocycles. The Morgan fingerprint density at radius 2 is 1.80 bits per heavy atom. The number of methoxy groups -OCH3 is 2. The maximum atomic E-state index is 12.2. The Hall–Kier alpha value is -2.69. The normalized spacial score (nSPS) is 10.4. The number of amides is 1. The zero-order valence-corrected chi connectivity index (χ0v) is 15.2. The van der Waals surface area contributed by atoms with Crippen LogP contribution >= 0.6 is 0 Å². The molecule has 0 aromatic heterocycles. The van der Waals surface area contributed by atoms with Crippen molar-refractivity contribution in [1.82, 2.24) is 0 Å². The Bertz CT molecular complexity index is 713. The molecule has 1 N–H and O–H groups in total. The molecule has 1 amide bonds. The third kappa shape index (κ3) is 5.71. The lowest BCUT2D eigenvalue weighted by atomic mass is 10.1. The average molecular weight is 343 g/mol. The molecule has 0 fully saturated rings. The van der Waals surface area contributed by atoms with Crippen LogP contribution in [0.25, 0.3) is 0 Å². The number of ether oxygens (including phenoxy) is 3. The van der Waals surface area contributed by atoms with Crippen LogP contribution in [-0.4, -0.2) is 26.2 Å². The van der Waals surface area contributed by atoms with E-state index in [1.165, 1.54) is 0 Å². The number of aryl methyl sites for hydroxylation is 1. The van der Waals surface area contributed by atoms with Gasteiger partial charge < -0.3 is 19.5 Å². The fourth-order valence-corrected chi connectivity index (χ4v) is 2.44. The summed E-state index contributed by atoms with van der Waals surface area (Å²) in [4.78, 5) is 12.2. The third-order valence-electron chi connectivity index (χ3n) is 3.58. The lowest BCUT2D eigenvalue weighted by Gasteiger charge is -2.12. The molecule has 0 spiro atoms. The maximum absolute atomic E-state index is 12.2. The van der Waals surface area contributed by atoms with Crippen molar-refractivity contribution < 1.29 is 19.0 Å². The van der Waals surface area contributed by atoms with Crippen LogP contribution in [0.3, 0.4) is 0 Å². The second-order valence-electron chi connectivity index (χ2n) is 5.93. The first-order valence-electron chi connectivity index (χ1n) is 8.29. The fraction of sp³-hybridized carbons (Fsp3) is 0.350. The van der Waals surface area contributed by atoms with E-state index in [4.69, 9.17) is 14.2 Å². The van der Waals surface area contributed by atoms with E-state index in [-0.39, 0.29) is 12.0 Å². The van der Waals surface area contributed by atoms with Gasteiger partial charge in [0, 0.05) is 18.2 Å². The number of nitrogens with one attached hydrogen (secondary N) is 1. The van der Waals surface area contributed by atoms with Gasteiger partial charge in [-0.3, -0.25) is 4.79 Å². The zero-order chi connectivity index (χ0) is 18.2. The molecule has 5 heteroatoms. The van der Waals surface area contributed by atoms with Crippen LogP contribution < -0.4 is 19.5 Å². The van der Waals surface area contributed by atoms with E-state index in [9.17, 15) is 4.79 Å². The highest BCUT2D eigenvalue weighted by atomic mass is 16.5. The standard InChI is InChI=1S/C20H25NO4/c1-14(2)25-17-7-5-6-16(13-17)21-20(22)11-9-15-8-10-18(23-3)19(12-15)24-4/h5-8,10,12-14H,9,11H2,1-4H3,(H,21,22). The first kappa shape index (κ1) is 18.6. The van der Waals surface area contributed by atoms with Crippen LogP contribution in [0.2, 0.25) is 0 Å². The molecule has 5 nitrogen and oxygen atoms in total. The molecule has 2 aromatic rings. The molecule has 0 bridgehead atoms. The van der Waals surface area contributed by atoms with E-state index in [0.717, 1.165) is 17.0 Å². The fourth-order valence-electron chi connectivity index (χ4n) is 2.44. The second kappa shape index (κ2) is 8.97. The number of carbonyl (C=O) groups excluding carboxylic acids is 1. The number of benzene rings is 2. The number of anilines is 1. The van der Waals surface area contributed by atoms with Gasteiger partial charge in [-0.15, -0.1) is 0 Å². The Kier molecular flexibility index (Phi) is 6.69. The van der Waals surface area contributed by atoms with Crippen molar-refractivity contribution in [2.75, 3.05) is 19.5 Å². The van der Waals surface area contributed by atoms with Gasteiger partial charge in [0.2, 0.25) is 5.91 Å². The molecule has 0 aliphatic rings. The van der Waals surface area contributed by atoms with Gasteiger partial charge in [-0.1, -0.05) is 12.1 Å². The Morgan fingerprint density at radius 3 is 2.48 bits per heavy atom. The van der Waals surface area contributed by atoms with Crippen molar-refractivity contribution in [1.29, 1.82) is 0 Å². The van der Waals surface area contributed by atoms with Crippen LogP contribution in [0.4, 0.5) is 5.69 Å². The van der Waals surface area contributed by atoms with Gasteiger partial charge in [0.1, 0.15) is 5.75 Å². The molecular formula is C20H25NO4. The third-order valence-corrected chi connectivity index (χ3v) is 3.58. The summed E-state index contributed by atoms with van der Waals surface area (Å²) in [6.07, 6.45) is 1.09. The molecule has 0 saturated heterocycles. The van der Waals surface area contributed by atoms with Gasteiger partial charge in [-0.2, -0.15) is 0 Å². The van der Waals surface area contributed by atoms with E-state index < -0.39 is 0 Å². The van der Waals surface area contributed by atoms with Crippen molar-refractivity contribution in [3.63, 3.8) is 0 Å². The summed E-state index contributed by atoms with van der Waals surface area (Å²) in [5.41, 5.74) is 1.75. The highest BCUT2D eigenvalue weighted by Gasteiger charge is 2.08. The van der Waals surface area contributed by atoms with Crippen LogP contribution in [-0.2, 0) is 11.2 Å². The Labute approximate surface area is 148 Å². The van der Waals surface area contributed by atoms with E-state index in [1.807, 2.05) is 56.3 Å². The molecule has 25 heavy (non-hydrogen) atoms. The zero-order valence-electron chi connectivity index (χ0n) is 15.2. The van der Waals surface area contributed by atoms with Crippen LogP contribution in [0.15, 0.2) is 42.5 Å². The van der Waals surface area contributed by atoms with Gasteiger partial charge >= 0.3 is 0 Å². The first-order valence-corrected chi connectivity index (χ1v) is 8.29. The number of rotatable bonds is 8. The summed E-state index contributed by atoms with van der Waals surface area (Å²) in [5, 5.41) is 2.90. The largest absolute Gasteiger partial charge is 0.493 e. The first-order chi connectivity index (χ1) is 12.0. The minimum absolute atomic E-state index is 0.0449. The summed E-state index contributed by atoms with van der Waals surface area (Å²) >= 11 is 0. The minimum Gasteiger partial charge on any atom is -0.493 e. The van der Waals surface area contributed by atoms with E-state index in [2.05, 4.69) is 5.32 Å². The molecule has 2 rings (SSSR count). The van der Waals surface area contributed by atoms with Gasteiger partial charge in [0.05, 0.1) is 20.3 Å². The number of hydrogen-bond acceptors (Lipinski definition) is 4. The van der Waals surface area contributed by atoms with Crippen molar-refractivity contribution in [3.8, 4) is 17.2 Å². The van der Waals surface area contributed by atoms with Gasteiger partial charge in [-0.25, -0.2) is 0 Å². The summed E-state index contributed by atoms with van der Waals surface area (Å²) in [7, 11) is 3.20. The highest BCUT2D eigenvalue weighted by Crippen LogP contribution is 2.28. The summed E-state index contributed by atoms with van der Waals surface area (Å²) in [5.74, 6) is 2.04. The van der Waals surface area contributed by atoms with Crippen LogP contribution in [0.1, 0.15) is 25.8 Å². The highest BCUT2D eigenvalue weighted by molar-refractivity contribution is 5.91. The molecular weight excluding hydrogens is 318 g/mol. The number of hydrogen-bond donors (Lipinski definition) is 1. The summed E-state index contributed by atoms with van der Waals surface area (Å²) < 4.78 is 16.1. The molecule has 0 saturated carbocycles. The lowest BCUT2D eigenvalue weighted by Crippen LogP contribution is -2.13. The maximum Gasteiger partial charge on any atom is 0.224 e. The van der Waals surface area contributed by atoms with Crippen molar-refractivity contribution in [3.05, 3.63) is 48.0 Å². The smallest absolute Gasteiger partial charge is 0.224 e. The van der Waals surface area contributed by atoms with Crippen LogP contribution in [0, 0.1) is 0 Å². The molecule has 0 atom stereocenters. The predicted molar refractivity (Wildman–Crippen MR) is 98.7 cm³/mol. The Morgan fingerprint density at radius 1 is 1.04 bits per heavy atom. The van der Waals surface area contributed by atoms with Crippen molar-refractivity contribution in [2.45, 2.75) is 32.8 Å². The quantitative estimate of drug-likeness (QED) is 0.785.